The molecule has 0 fully saturated rings. The molecule has 1 aromatic carbocycles. The lowest BCUT2D eigenvalue weighted by atomic mass is 10.0. The summed E-state index contributed by atoms with van der Waals surface area (Å²) in [5.74, 6) is 0. The van der Waals surface area contributed by atoms with Gasteiger partial charge < -0.3 is 0 Å². The number of hydrogen-bond acceptors (Lipinski definition) is 1. The second-order valence-electron chi connectivity index (χ2n) is 4.33. The normalized spacial score (nSPS) is 20.8. The maximum atomic E-state index is 2.44. The predicted molar refractivity (Wildman–Crippen MR) is 64.7 cm³/mol. The molecule has 0 saturated carbocycles. The van der Waals surface area contributed by atoms with Crippen LogP contribution in [0.1, 0.15) is 24.8 Å². The molecule has 80 valence electrons. The molecule has 0 heterocycles. The van der Waals surface area contributed by atoms with Crippen molar-refractivity contribution in [2.24, 2.45) is 0 Å². The lowest BCUT2D eigenvalue weighted by molar-refractivity contribution is 0.254. The molecule has 0 N–H and O–H groups in total. The summed E-state index contributed by atoms with van der Waals surface area (Å²) in [4.78, 5) is 2.44. The second kappa shape index (κ2) is 5.13. The van der Waals surface area contributed by atoms with Gasteiger partial charge in [-0.15, -0.1) is 0 Å². The van der Waals surface area contributed by atoms with Gasteiger partial charge in [-0.2, -0.15) is 0 Å². The van der Waals surface area contributed by atoms with Gasteiger partial charge in [-0.3, -0.25) is 4.90 Å². The van der Waals surface area contributed by atoms with Gasteiger partial charge in [0.2, 0.25) is 0 Å². The second-order valence-corrected chi connectivity index (χ2v) is 4.33. The van der Waals surface area contributed by atoms with E-state index < -0.39 is 0 Å². The van der Waals surface area contributed by atoms with Crippen LogP contribution in [0.4, 0.5) is 0 Å². The van der Waals surface area contributed by atoms with Crippen LogP contribution in [0.2, 0.25) is 0 Å². The zero-order valence-corrected chi connectivity index (χ0v) is 9.39. The number of likely N-dealkylation sites (N-methyl/N-ethyl adjacent to an activating group) is 1. The summed E-state index contributed by atoms with van der Waals surface area (Å²) in [5.41, 5.74) is 1.40. The topological polar surface area (TPSA) is 3.24 Å². The lowest BCUT2D eigenvalue weighted by Crippen LogP contribution is -2.30. The van der Waals surface area contributed by atoms with Gasteiger partial charge in [-0.05, 0) is 31.9 Å². The summed E-state index contributed by atoms with van der Waals surface area (Å²) < 4.78 is 0. The molecule has 1 nitrogen and oxygen atoms in total. The van der Waals surface area contributed by atoms with Gasteiger partial charge >= 0.3 is 0 Å². The molecule has 0 spiro atoms. The molecule has 0 amide bonds. The first-order valence-corrected chi connectivity index (χ1v) is 5.77. The number of nitrogens with zero attached hydrogens (tertiary/aromatic N) is 1. The third kappa shape index (κ3) is 2.93. The van der Waals surface area contributed by atoms with E-state index in [1.165, 1.54) is 24.8 Å². The standard InChI is InChI=1S/C14H19N/c1-15(14-10-6-3-7-11-14)12-13-8-4-2-5-9-13/h2,4-6,8-10,14H,3,7,11-12H2,1H3. The molecular formula is C14H19N. The Morgan fingerprint density at radius 1 is 1.27 bits per heavy atom. The van der Waals surface area contributed by atoms with Crippen molar-refractivity contribution in [2.45, 2.75) is 31.8 Å². The Morgan fingerprint density at radius 3 is 2.73 bits per heavy atom. The van der Waals surface area contributed by atoms with Crippen molar-refractivity contribution in [3.63, 3.8) is 0 Å². The van der Waals surface area contributed by atoms with Crippen LogP contribution < -0.4 is 0 Å². The van der Waals surface area contributed by atoms with Crippen LogP contribution in [0.25, 0.3) is 0 Å². The maximum absolute atomic E-state index is 2.44. The fraction of sp³-hybridized carbons (Fsp3) is 0.429. The van der Waals surface area contributed by atoms with E-state index in [0.29, 0.717) is 6.04 Å². The minimum absolute atomic E-state index is 0.638. The molecule has 1 aliphatic carbocycles. The number of allylic oxidation sites excluding steroid dienone is 1. The lowest BCUT2D eigenvalue weighted by Gasteiger charge is -2.27. The first-order valence-electron chi connectivity index (χ1n) is 5.77. The zero-order valence-electron chi connectivity index (χ0n) is 9.39. The van der Waals surface area contributed by atoms with Crippen molar-refractivity contribution < 1.29 is 0 Å². The van der Waals surface area contributed by atoms with Crippen molar-refractivity contribution in [1.29, 1.82) is 0 Å². The molecule has 0 aliphatic heterocycles. The molecule has 1 atom stereocenters. The molecule has 1 heteroatoms. The van der Waals surface area contributed by atoms with Crippen molar-refractivity contribution in [2.75, 3.05) is 7.05 Å². The minimum Gasteiger partial charge on any atom is -0.296 e. The van der Waals surface area contributed by atoms with E-state index in [1.807, 2.05) is 0 Å². The third-order valence-corrected chi connectivity index (χ3v) is 3.07. The SMILES string of the molecule is CN(Cc1ccccc1)C1C=CCCC1. The number of rotatable bonds is 3. The summed E-state index contributed by atoms with van der Waals surface area (Å²) in [6.45, 7) is 1.05. The van der Waals surface area contributed by atoms with E-state index in [1.54, 1.807) is 0 Å². The number of hydrogen-bond donors (Lipinski definition) is 0. The van der Waals surface area contributed by atoms with Crippen molar-refractivity contribution >= 4 is 0 Å². The van der Waals surface area contributed by atoms with E-state index in [2.05, 4.69) is 54.4 Å². The van der Waals surface area contributed by atoms with Crippen LogP contribution in [0.5, 0.6) is 0 Å². The van der Waals surface area contributed by atoms with Crippen LogP contribution >= 0.6 is 0 Å². The quantitative estimate of drug-likeness (QED) is 0.679. The summed E-state index contributed by atoms with van der Waals surface area (Å²) >= 11 is 0. The first kappa shape index (κ1) is 10.4. The van der Waals surface area contributed by atoms with Gasteiger partial charge in [-0.25, -0.2) is 0 Å². The Morgan fingerprint density at radius 2 is 2.07 bits per heavy atom. The zero-order chi connectivity index (χ0) is 10.5. The summed E-state index contributed by atoms with van der Waals surface area (Å²) in [7, 11) is 2.22. The highest BCUT2D eigenvalue weighted by atomic mass is 15.1. The van der Waals surface area contributed by atoms with E-state index in [0.717, 1.165) is 6.54 Å². The molecule has 1 unspecified atom stereocenters. The van der Waals surface area contributed by atoms with Crippen LogP contribution in [0.15, 0.2) is 42.5 Å². The molecular weight excluding hydrogens is 182 g/mol. The summed E-state index contributed by atoms with van der Waals surface area (Å²) in [5, 5.41) is 0. The average molecular weight is 201 g/mol. The largest absolute Gasteiger partial charge is 0.296 e. The van der Waals surface area contributed by atoms with E-state index >= 15 is 0 Å². The van der Waals surface area contributed by atoms with Crippen LogP contribution in [0.3, 0.4) is 0 Å². The Labute approximate surface area is 92.4 Å². The van der Waals surface area contributed by atoms with E-state index in [-0.39, 0.29) is 0 Å². The van der Waals surface area contributed by atoms with E-state index in [9.17, 15) is 0 Å². The summed E-state index contributed by atoms with van der Waals surface area (Å²) in [6.07, 6.45) is 8.57. The Bertz CT molecular complexity index is 315. The smallest absolute Gasteiger partial charge is 0.0278 e. The van der Waals surface area contributed by atoms with Gasteiger partial charge in [0.15, 0.2) is 0 Å². The molecule has 1 aliphatic rings. The highest BCUT2D eigenvalue weighted by molar-refractivity contribution is 5.15. The van der Waals surface area contributed by atoms with Gasteiger partial charge in [0.05, 0.1) is 0 Å². The molecule has 0 radical (unpaired) electrons. The predicted octanol–water partition coefficient (Wildman–Crippen LogP) is 3.23. The fourth-order valence-electron chi connectivity index (χ4n) is 2.15. The van der Waals surface area contributed by atoms with Crippen LogP contribution in [0, 0.1) is 0 Å². The first-order chi connectivity index (χ1) is 7.36. The van der Waals surface area contributed by atoms with Crippen molar-refractivity contribution in [3.05, 3.63) is 48.0 Å². The molecule has 0 saturated heterocycles. The van der Waals surface area contributed by atoms with Crippen molar-refractivity contribution in [1.82, 2.24) is 4.90 Å². The monoisotopic (exact) mass is 201 g/mol. The van der Waals surface area contributed by atoms with E-state index in [4.69, 9.17) is 0 Å². The van der Waals surface area contributed by atoms with Gasteiger partial charge in [0.25, 0.3) is 0 Å². The highest BCUT2D eigenvalue weighted by Gasteiger charge is 2.13. The maximum Gasteiger partial charge on any atom is 0.0278 e. The summed E-state index contributed by atoms with van der Waals surface area (Å²) in [6, 6.07) is 11.3. The van der Waals surface area contributed by atoms with Gasteiger partial charge in [-0.1, -0.05) is 42.5 Å². The molecule has 0 aromatic heterocycles. The average Bonchev–Trinajstić information content (AvgIpc) is 2.31. The third-order valence-electron chi connectivity index (χ3n) is 3.07. The Kier molecular flexibility index (Phi) is 3.57. The molecule has 0 bridgehead atoms. The molecule has 15 heavy (non-hydrogen) atoms. The molecule has 2 rings (SSSR count). The Balaban J connectivity index is 1.94. The van der Waals surface area contributed by atoms with Crippen LogP contribution in [-0.4, -0.2) is 18.0 Å². The minimum atomic E-state index is 0.638. The highest BCUT2D eigenvalue weighted by Crippen LogP contribution is 2.17. The van der Waals surface area contributed by atoms with Gasteiger partial charge in [0.1, 0.15) is 0 Å². The molecule has 1 aromatic rings. The van der Waals surface area contributed by atoms with Gasteiger partial charge in [0, 0.05) is 12.6 Å². The number of benzene rings is 1. The van der Waals surface area contributed by atoms with Crippen LogP contribution in [-0.2, 0) is 6.54 Å². The Hall–Kier alpha value is -1.08. The van der Waals surface area contributed by atoms with Crippen molar-refractivity contribution in [3.8, 4) is 0 Å². The fourth-order valence-corrected chi connectivity index (χ4v) is 2.15.